The Labute approximate surface area is 92.9 Å². The third-order valence-corrected chi connectivity index (χ3v) is 2.34. The third-order valence-electron chi connectivity index (χ3n) is 2.34. The fraction of sp³-hybridized carbons (Fsp3) is 0.538. The van der Waals surface area contributed by atoms with Gasteiger partial charge in [-0.15, -0.1) is 0 Å². The second kappa shape index (κ2) is 5.29. The zero-order chi connectivity index (χ0) is 11.3. The van der Waals surface area contributed by atoms with Crippen LogP contribution in [0.25, 0.3) is 0 Å². The maximum Gasteiger partial charge on any atom is 0.0306 e. The average Bonchev–Trinajstić information content (AvgIpc) is 2.17. The molecule has 0 saturated heterocycles. The van der Waals surface area contributed by atoms with Crippen LogP contribution in [-0.4, -0.2) is 12.1 Å². The van der Waals surface area contributed by atoms with Gasteiger partial charge in [0.1, 0.15) is 0 Å². The van der Waals surface area contributed by atoms with E-state index in [0.717, 1.165) is 13.0 Å². The quantitative estimate of drug-likeness (QED) is 0.794. The molecule has 84 valence electrons. The molecule has 1 aromatic rings. The zero-order valence-electron chi connectivity index (χ0n) is 9.96. The molecular formula is C13H22N2. The Morgan fingerprint density at radius 1 is 1.20 bits per heavy atom. The molecule has 0 aliphatic carbocycles. The van der Waals surface area contributed by atoms with Crippen LogP contribution >= 0.6 is 0 Å². The molecule has 0 radical (unpaired) electrons. The smallest absolute Gasteiger partial charge is 0.0306 e. The van der Waals surface area contributed by atoms with Crippen LogP contribution in [0.5, 0.6) is 0 Å². The Morgan fingerprint density at radius 2 is 1.80 bits per heavy atom. The monoisotopic (exact) mass is 206 g/mol. The van der Waals surface area contributed by atoms with E-state index >= 15 is 0 Å². The first kappa shape index (κ1) is 12.2. The molecule has 0 amide bonds. The summed E-state index contributed by atoms with van der Waals surface area (Å²) in [5, 5.41) is 3.44. The number of benzene rings is 1. The van der Waals surface area contributed by atoms with Gasteiger partial charge in [0.15, 0.2) is 0 Å². The van der Waals surface area contributed by atoms with Crippen LogP contribution < -0.4 is 11.1 Å². The minimum atomic E-state index is 0.140. The molecule has 0 bridgehead atoms. The Morgan fingerprint density at radius 3 is 2.33 bits per heavy atom. The van der Waals surface area contributed by atoms with Crippen LogP contribution in [0.4, 0.5) is 0 Å². The first-order valence-corrected chi connectivity index (χ1v) is 5.54. The lowest BCUT2D eigenvalue weighted by Crippen LogP contribution is -2.37. The molecule has 0 heterocycles. The standard InChI is InChI=1S/C13H22N2/c1-13(2,3)15-10-9-12(14)11-7-5-4-6-8-11/h4-8,12,15H,9-10,14H2,1-3H3. The van der Waals surface area contributed by atoms with Crippen molar-refractivity contribution in [2.45, 2.75) is 38.8 Å². The van der Waals surface area contributed by atoms with Gasteiger partial charge in [-0.1, -0.05) is 30.3 Å². The van der Waals surface area contributed by atoms with Crippen LogP contribution in [0.1, 0.15) is 38.8 Å². The van der Waals surface area contributed by atoms with E-state index in [1.165, 1.54) is 5.56 Å². The summed E-state index contributed by atoms with van der Waals surface area (Å²) in [7, 11) is 0. The lowest BCUT2D eigenvalue weighted by Gasteiger charge is -2.22. The molecule has 0 spiro atoms. The van der Waals surface area contributed by atoms with Gasteiger partial charge in [-0.05, 0) is 39.3 Å². The first-order chi connectivity index (χ1) is 6.99. The first-order valence-electron chi connectivity index (χ1n) is 5.54. The van der Waals surface area contributed by atoms with E-state index in [4.69, 9.17) is 5.73 Å². The van der Waals surface area contributed by atoms with Gasteiger partial charge in [-0.25, -0.2) is 0 Å². The molecule has 0 aliphatic heterocycles. The highest BCUT2D eigenvalue weighted by atomic mass is 14.9. The molecule has 1 atom stereocenters. The summed E-state index contributed by atoms with van der Waals surface area (Å²) in [5.41, 5.74) is 7.48. The van der Waals surface area contributed by atoms with Gasteiger partial charge in [0.2, 0.25) is 0 Å². The Kier molecular flexibility index (Phi) is 4.30. The van der Waals surface area contributed by atoms with Crippen LogP contribution in [0.15, 0.2) is 30.3 Å². The van der Waals surface area contributed by atoms with Gasteiger partial charge in [-0.2, -0.15) is 0 Å². The van der Waals surface area contributed by atoms with Gasteiger partial charge in [0.05, 0.1) is 0 Å². The van der Waals surface area contributed by atoms with Crippen molar-refractivity contribution < 1.29 is 0 Å². The highest BCUT2D eigenvalue weighted by molar-refractivity contribution is 5.18. The second-order valence-corrected chi connectivity index (χ2v) is 4.98. The van der Waals surface area contributed by atoms with Crippen molar-refractivity contribution in [3.8, 4) is 0 Å². The Balaban J connectivity index is 2.34. The topological polar surface area (TPSA) is 38.0 Å². The lowest BCUT2D eigenvalue weighted by molar-refractivity contribution is 0.411. The van der Waals surface area contributed by atoms with E-state index in [0.29, 0.717) is 0 Å². The van der Waals surface area contributed by atoms with Crippen molar-refractivity contribution in [3.05, 3.63) is 35.9 Å². The van der Waals surface area contributed by atoms with Gasteiger partial charge in [-0.3, -0.25) is 0 Å². The maximum atomic E-state index is 6.08. The SMILES string of the molecule is CC(C)(C)NCCC(N)c1ccccc1. The van der Waals surface area contributed by atoms with E-state index in [1.807, 2.05) is 18.2 Å². The number of rotatable bonds is 4. The van der Waals surface area contributed by atoms with Gasteiger partial charge in [0.25, 0.3) is 0 Å². The van der Waals surface area contributed by atoms with E-state index in [9.17, 15) is 0 Å². The van der Waals surface area contributed by atoms with Gasteiger partial charge in [0, 0.05) is 11.6 Å². The molecule has 2 nitrogen and oxygen atoms in total. The van der Waals surface area contributed by atoms with Crippen molar-refractivity contribution in [2.24, 2.45) is 5.73 Å². The minimum absolute atomic E-state index is 0.140. The summed E-state index contributed by atoms with van der Waals surface area (Å²) in [6.45, 7) is 7.46. The number of hydrogen-bond acceptors (Lipinski definition) is 2. The predicted octanol–water partition coefficient (Wildman–Crippen LogP) is 2.46. The van der Waals surface area contributed by atoms with E-state index < -0.39 is 0 Å². The summed E-state index contributed by atoms with van der Waals surface area (Å²) in [4.78, 5) is 0. The average molecular weight is 206 g/mol. The van der Waals surface area contributed by atoms with Crippen molar-refractivity contribution in [2.75, 3.05) is 6.54 Å². The molecule has 1 aromatic carbocycles. The van der Waals surface area contributed by atoms with Crippen molar-refractivity contribution >= 4 is 0 Å². The molecule has 15 heavy (non-hydrogen) atoms. The van der Waals surface area contributed by atoms with Crippen LogP contribution in [0.3, 0.4) is 0 Å². The summed E-state index contributed by atoms with van der Waals surface area (Å²) >= 11 is 0. The highest BCUT2D eigenvalue weighted by Gasteiger charge is 2.10. The fourth-order valence-corrected chi connectivity index (χ4v) is 1.47. The fourth-order valence-electron chi connectivity index (χ4n) is 1.47. The molecule has 3 N–H and O–H groups in total. The van der Waals surface area contributed by atoms with Gasteiger partial charge < -0.3 is 11.1 Å². The molecule has 1 rings (SSSR count). The molecule has 2 heteroatoms. The summed E-state index contributed by atoms with van der Waals surface area (Å²) in [5.74, 6) is 0. The lowest BCUT2D eigenvalue weighted by atomic mass is 10.0. The van der Waals surface area contributed by atoms with Crippen LogP contribution in [-0.2, 0) is 0 Å². The van der Waals surface area contributed by atoms with E-state index in [1.54, 1.807) is 0 Å². The van der Waals surface area contributed by atoms with Crippen molar-refractivity contribution in [1.82, 2.24) is 5.32 Å². The van der Waals surface area contributed by atoms with Gasteiger partial charge >= 0.3 is 0 Å². The van der Waals surface area contributed by atoms with E-state index in [2.05, 4.69) is 38.2 Å². The second-order valence-electron chi connectivity index (χ2n) is 4.98. The van der Waals surface area contributed by atoms with Crippen LogP contribution in [0, 0.1) is 0 Å². The Bertz CT molecular complexity index is 274. The molecular weight excluding hydrogens is 184 g/mol. The summed E-state index contributed by atoms with van der Waals surface area (Å²) < 4.78 is 0. The largest absolute Gasteiger partial charge is 0.324 e. The minimum Gasteiger partial charge on any atom is -0.324 e. The summed E-state index contributed by atoms with van der Waals surface area (Å²) in [6, 6.07) is 10.4. The summed E-state index contributed by atoms with van der Waals surface area (Å²) in [6.07, 6.45) is 0.973. The third kappa shape index (κ3) is 4.96. The Hall–Kier alpha value is -0.860. The number of hydrogen-bond donors (Lipinski definition) is 2. The maximum absolute atomic E-state index is 6.08. The zero-order valence-corrected chi connectivity index (χ0v) is 9.96. The normalized spacial score (nSPS) is 13.9. The highest BCUT2D eigenvalue weighted by Crippen LogP contribution is 2.12. The van der Waals surface area contributed by atoms with Crippen LogP contribution in [0.2, 0.25) is 0 Å². The number of nitrogens with one attached hydrogen (secondary N) is 1. The predicted molar refractivity (Wildman–Crippen MR) is 65.7 cm³/mol. The molecule has 0 aromatic heterocycles. The molecule has 0 aliphatic rings. The molecule has 1 unspecified atom stereocenters. The van der Waals surface area contributed by atoms with Crippen molar-refractivity contribution in [3.63, 3.8) is 0 Å². The van der Waals surface area contributed by atoms with Crippen molar-refractivity contribution in [1.29, 1.82) is 0 Å². The number of nitrogens with two attached hydrogens (primary N) is 1. The molecule has 0 fully saturated rings. The van der Waals surface area contributed by atoms with E-state index in [-0.39, 0.29) is 11.6 Å². The molecule has 0 saturated carbocycles.